The van der Waals surface area contributed by atoms with E-state index in [1.54, 1.807) is 62.4 Å². The number of aliphatic carboxylic acids is 2. The first kappa shape index (κ1) is 26.7. The van der Waals surface area contributed by atoms with Gasteiger partial charge in [-0.05, 0) is 49.2 Å². The molecule has 2 aromatic carbocycles. The van der Waals surface area contributed by atoms with Gasteiger partial charge in [-0.1, -0.05) is 36.1 Å². The Bertz CT molecular complexity index is 880. The molecule has 0 saturated heterocycles. The maximum Gasteiger partial charge on any atom is 0.333 e. The molecule has 0 aliphatic heterocycles. The second-order valence-corrected chi connectivity index (χ2v) is 7.19. The minimum Gasteiger partial charge on any atom is -0.481 e. The van der Waals surface area contributed by atoms with Gasteiger partial charge in [0.05, 0.1) is 0 Å². The SMILES string of the molecule is CCOC(Cc1ccc(OCC#CCOc2ccc(CC(OCC)C(=O)O)cc2)cc1)C(=O)O. The topological polar surface area (TPSA) is 112 Å². The van der Waals surface area contributed by atoms with Gasteiger partial charge in [-0.3, -0.25) is 0 Å². The van der Waals surface area contributed by atoms with Crippen LogP contribution >= 0.6 is 0 Å². The van der Waals surface area contributed by atoms with E-state index in [9.17, 15) is 9.59 Å². The normalized spacial score (nSPS) is 12.2. The van der Waals surface area contributed by atoms with E-state index in [0.717, 1.165) is 11.1 Å². The fourth-order valence-corrected chi connectivity index (χ4v) is 3.05. The first-order chi connectivity index (χ1) is 16.4. The van der Waals surface area contributed by atoms with Gasteiger partial charge >= 0.3 is 11.9 Å². The summed E-state index contributed by atoms with van der Waals surface area (Å²) < 4.78 is 21.6. The smallest absolute Gasteiger partial charge is 0.333 e. The third-order valence-electron chi connectivity index (χ3n) is 4.72. The van der Waals surface area contributed by atoms with Crippen LogP contribution in [0.15, 0.2) is 48.5 Å². The van der Waals surface area contributed by atoms with Crippen molar-refractivity contribution in [3.05, 3.63) is 59.7 Å². The summed E-state index contributed by atoms with van der Waals surface area (Å²) in [5, 5.41) is 18.3. The van der Waals surface area contributed by atoms with Gasteiger partial charge in [0.2, 0.25) is 0 Å². The summed E-state index contributed by atoms with van der Waals surface area (Å²) in [5.41, 5.74) is 1.69. The van der Waals surface area contributed by atoms with E-state index in [2.05, 4.69) is 11.8 Å². The zero-order valence-corrected chi connectivity index (χ0v) is 19.4. The van der Waals surface area contributed by atoms with Crippen LogP contribution in [0, 0.1) is 11.8 Å². The van der Waals surface area contributed by atoms with Crippen LogP contribution in [0.1, 0.15) is 25.0 Å². The average Bonchev–Trinajstić information content (AvgIpc) is 2.82. The molecule has 8 heteroatoms. The summed E-state index contributed by atoms with van der Waals surface area (Å²) in [4.78, 5) is 22.4. The first-order valence-electron chi connectivity index (χ1n) is 11.0. The maximum atomic E-state index is 11.2. The van der Waals surface area contributed by atoms with Crippen molar-refractivity contribution in [3.63, 3.8) is 0 Å². The minimum atomic E-state index is -0.982. The van der Waals surface area contributed by atoms with Crippen LogP contribution in [-0.4, -0.2) is 60.8 Å². The average molecular weight is 471 g/mol. The van der Waals surface area contributed by atoms with Crippen molar-refractivity contribution in [3.8, 4) is 23.3 Å². The molecule has 0 bridgehead atoms. The number of benzene rings is 2. The standard InChI is InChI=1S/C26H30O8/c1-3-31-23(25(27)28)17-19-7-11-21(12-8-19)33-15-5-6-16-34-22-13-9-20(10-14-22)18-24(26(29)30)32-4-2/h7-14,23-24H,3-4,15-18H2,1-2H3,(H,27,28)(H,29,30). The lowest BCUT2D eigenvalue weighted by molar-refractivity contribution is -0.150. The van der Waals surface area contributed by atoms with Crippen molar-refractivity contribution < 1.29 is 38.7 Å². The van der Waals surface area contributed by atoms with Crippen LogP contribution in [0.3, 0.4) is 0 Å². The maximum absolute atomic E-state index is 11.2. The molecule has 0 heterocycles. The minimum absolute atomic E-state index is 0.187. The van der Waals surface area contributed by atoms with E-state index < -0.39 is 24.1 Å². The van der Waals surface area contributed by atoms with Crippen LogP contribution in [0.2, 0.25) is 0 Å². The van der Waals surface area contributed by atoms with E-state index in [0.29, 0.717) is 24.7 Å². The number of hydrogen-bond donors (Lipinski definition) is 2. The number of ether oxygens (including phenoxy) is 4. The Morgan fingerprint density at radius 1 is 0.706 bits per heavy atom. The van der Waals surface area contributed by atoms with Gasteiger partial charge in [-0.25, -0.2) is 9.59 Å². The van der Waals surface area contributed by atoms with Crippen molar-refractivity contribution in [2.24, 2.45) is 0 Å². The highest BCUT2D eigenvalue weighted by Gasteiger charge is 2.18. The zero-order chi connectivity index (χ0) is 24.8. The zero-order valence-electron chi connectivity index (χ0n) is 19.4. The van der Waals surface area contributed by atoms with Crippen LogP contribution in [0.5, 0.6) is 11.5 Å². The number of hydrogen-bond acceptors (Lipinski definition) is 6. The molecule has 2 N–H and O–H groups in total. The third-order valence-corrected chi connectivity index (χ3v) is 4.72. The molecule has 8 nitrogen and oxygen atoms in total. The molecule has 182 valence electrons. The molecule has 2 unspecified atom stereocenters. The van der Waals surface area contributed by atoms with Gasteiger partial charge in [0, 0.05) is 26.1 Å². The second kappa shape index (κ2) is 14.6. The predicted molar refractivity (Wildman–Crippen MR) is 125 cm³/mol. The number of carboxylic acid groups (broad SMARTS) is 2. The number of rotatable bonds is 14. The van der Waals surface area contributed by atoms with E-state index in [-0.39, 0.29) is 26.1 Å². The van der Waals surface area contributed by atoms with Crippen LogP contribution in [0.4, 0.5) is 0 Å². The largest absolute Gasteiger partial charge is 0.481 e. The van der Waals surface area contributed by atoms with E-state index in [1.807, 2.05) is 0 Å². The van der Waals surface area contributed by atoms with Crippen molar-refractivity contribution >= 4 is 11.9 Å². The Morgan fingerprint density at radius 2 is 1.06 bits per heavy atom. The highest BCUT2D eigenvalue weighted by molar-refractivity contribution is 5.73. The number of carbonyl (C=O) groups is 2. The molecule has 0 amide bonds. The third kappa shape index (κ3) is 9.53. The van der Waals surface area contributed by atoms with Crippen molar-refractivity contribution in [2.75, 3.05) is 26.4 Å². The molecule has 2 aromatic rings. The van der Waals surface area contributed by atoms with Gasteiger partial charge in [-0.2, -0.15) is 0 Å². The van der Waals surface area contributed by atoms with Gasteiger partial charge in [-0.15, -0.1) is 0 Å². The van der Waals surface area contributed by atoms with Crippen LogP contribution in [0.25, 0.3) is 0 Å². The van der Waals surface area contributed by atoms with Gasteiger partial charge in [0.25, 0.3) is 0 Å². The Kier molecular flexibility index (Phi) is 11.5. The van der Waals surface area contributed by atoms with E-state index >= 15 is 0 Å². The monoisotopic (exact) mass is 470 g/mol. The summed E-state index contributed by atoms with van der Waals surface area (Å²) in [6, 6.07) is 14.3. The molecule has 0 aliphatic rings. The highest BCUT2D eigenvalue weighted by Crippen LogP contribution is 2.15. The Morgan fingerprint density at radius 3 is 1.35 bits per heavy atom. The molecule has 0 aliphatic carbocycles. The molecule has 2 rings (SSSR count). The van der Waals surface area contributed by atoms with Crippen molar-refractivity contribution in [1.29, 1.82) is 0 Å². The fourth-order valence-electron chi connectivity index (χ4n) is 3.05. The lowest BCUT2D eigenvalue weighted by Gasteiger charge is -2.12. The molecule has 0 saturated carbocycles. The number of carboxylic acids is 2. The summed E-state index contributed by atoms with van der Waals surface area (Å²) in [6.45, 7) is 4.58. The predicted octanol–water partition coefficient (Wildman–Crippen LogP) is 3.21. The van der Waals surface area contributed by atoms with E-state index in [1.165, 1.54) is 0 Å². The van der Waals surface area contributed by atoms with Crippen molar-refractivity contribution in [1.82, 2.24) is 0 Å². The molecular formula is C26H30O8. The molecule has 0 fully saturated rings. The Balaban J connectivity index is 1.73. The van der Waals surface area contributed by atoms with Crippen LogP contribution < -0.4 is 9.47 Å². The van der Waals surface area contributed by atoms with Gasteiger partial charge < -0.3 is 29.2 Å². The molecule has 0 radical (unpaired) electrons. The molecule has 34 heavy (non-hydrogen) atoms. The van der Waals surface area contributed by atoms with Crippen molar-refractivity contribution in [2.45, 2.75) is 38.9 Å². The Hall–Kier alpha value is -3.54. The lowest BCUT2D eigenvalue weighted by atomic mass is 10.1. The molecular weight excluding hydrogens is 440 g/mol. The highest BCUT2D eigenvalue weighted by atomic mass is 16.5. The summed E-state index contributed by atoms with van der Waals surface area (Å²) in [7, 11) is 0. The van der Waals surface area contributed by atoms with Crippen LogP contribution in [-0.2, 0) is 31.9 Å². The molecule has 0 aromatic heterocycles. The Labute approximate surface area is 199 Å². The summed E-state index contributed by atoms with van der Waals surface area (Å²) >= 11 is 0. The summed E-state index contributed by atoms with van der Waals surface area (Å²) in [5.74, 6) is 5.03. The second-order valence-electron chi connectivity index (χ2n) is 7.19. The quantitative estimate of drug-likeness (QED) is 0.405. The first-order valence-corrected chi connectivity index (χ1v) is 11.0. The van der Waals surface area contributed by atoms with Gasteiger partial charge in [0.15, 0.2) is 12.2 Å². The molecule has 2 atom stereocenters. The van der Waals surface area contributed by atoms with E-state index in [4.69, 9.17) is 29.2 Å². The van der Waals surface area contributed by atoms with Gasteiger partial charge in [0.1, 0.15) is 24.7 Å². The lowest BCUT2D eigenvalue weighted by Crippen LogP contribution is -2.26. The fraction of sp³-hybridized carbons (Fsp3) is 0.385. The summed E-state index contributed by atoms with van der Waals surface area (Å²) in [6.07, 6.45) is -1.16. The molecule has 0 spiro atoms.